The molecule has 3 aromatic rings. The molecular formula is C24H18ClIN2O3. The summed E-state index contributed by atoms with van der Waals surface area (Å²) >= 11 is 8.08. The Hall–Kier alpha value is -3.02. The minimum absolute atomic E-state index is 0.0181. The lowest BCUT2D eigenvalue weighted by atomic mass is 10.1. The lowest BCUT2D eigenvalue weighted by Crippen LogP contribution is -2.13. The first kappa shape index (κ1) is 22.7. The third-order valence-corrected chi connectivity index (χ3v) is 5.24. The molecule has 1 amide bonds. The number of anilines is 1. The maximum Gasteiger partial charge on any atom is 0.266 e. The molecule has 3 aromatic carbocycles. The molecule has 7 heteroatoms. The molecule has 0 fully saturated rings. The van der Waals surface area contributed by atoms with E-state index in [4.69, 9.17) is 21.1 Å². The van der Waals surface area contributed by atoms with Crippen molar-refractivity contribution in [1.29, 1.82) is 5.26 Å². The number of amides is 1. The third kappa shape index (κ3) is 6.48. The van der Waals surface area contributed by atoms with E-state index in [0.717, 1.165) is 9.13 Å². The van der Waals surface area contributed by atoms with Gasteiger partial charge in [0.1, 0.15) is 18.2 Å². The average molecular weight is 545 g/mol. The van der Waals surface area contributed by atoms with Crippen molar-refractivity contribution in [3.05, 3.63) is 92.0 Å². The average Bonchev–Trinajstić information content (AvgIpc) is 2.78. The number of benzene rings is 3. The second-order valence-electron chi connectivity index (χ2n) is 6.46. The van der Waals surface area contributed by atoms with E-state index in [2.05, 4.69) is 27.9 Å². The van der Waals surface area contributed by atoms with Gasteiger partial charge in [0.15, 0.2) is 11.5 Å². The van der Waals surface area contributed by atoms with Gasteiger partial charge in [-0.2, -0.15) is 5.26 Å². The minimum Gasteiger partial charge on any atom is -0.493 e. The summed E-state index contributed by atoms with van der Waals surface area (Å²) in [6, 6.07) is 21.9. The number of carbonyl (C=O) groups is 1. The standard InChI is InChI=1S/C24H18ClIN2O3/c1-30-23-13-17(4-11-22(23)31-15-16-2-5-19(25)6-3-16)12-18(14-27)24(29)28-21-9-7-20(26)8-10-21/h2-13H,15H2,1H3,(H,28,29)/b18-12+. The number of carbonyl (C=O) groups excluding carboxylic acids is 1. The molecule has 0 atom stereocenters. The van der Waals surface area contributed by atoms with Crippen LogP contribution in [0.5, 0.6) is 11.5 Å². The summed E-state index contributed by atoms with van der Waals surface area (Å²) in [6.07, 6.45) is 1.51. The van der Waals surface area contributed by atoms with Crippen LogP contribution in [0, 0.1) is 14.9 Å². The number of methoxy groups -OCH3 is 1. The second-order valence-corrected chi connectivity index (χ2v) is 8.14. The lowest BCUT2D eigenvalue weighted by Gasteiger charge is -2.12. The molecule has 0 unspecified atom stereocenters. The van der Waals surface area contributed by atoms with Crippen molar-refractivity contribution >= 4 is 51.9 Å². The predicted molar refractivity (Wildman–Crippen MR) is 130 cm³/mol. The molecule has 0 aliphatic carbocycles. The Morgan fingerprint density at radius 1 is 1.10 bits per heavy atom. The Morgan fingerprint density at radius 2 is 1.81 bits per heavy atom. The van der Waals surface area contributed by atoms with Crippen molar-refractivity contribution in [3.8, 4) is 17.6 Å². The molecule has 0 saturated heterocycles. The smallest absolute Gasteiger partial charge is 0.266 e. The van der Waals surface area contributed by atoms with Gasteiger partial charge in [0.2, 0.25) is 0 Å². The van der Waals surface area contributed by atoms with Gasteiger partial charge < -0.3 is 14.8 Å². The summed E-state index contributed by atoms with van der Waals surface area (Å²) in [4.78, 5) is 12.5. The Morgan fingerprint density at radius 3 is 2.45 bits per heavy atom. The molecule has 0 aromatic heterocycles. The molecule has 0 bridgehead atoms. The normalized spacial score (nSPS) is 10.8. The van der Waals surface area contributed by atoms with Crippen molar-refractivity contribution in [2.75, 3.05) is 12.4 Å². The molecule has 0 heterocycles. The van der Waals surface area contributed by atoms with Crippen LogP contribution in [-0.2, 0) is 11.4 Å². The zero-order valence-electron chi connectivity index (χ0n) is 16.6. The second kappa shape index (κ2) is 10.8. The molecule has 3 rings (SSSR count). The maximum atomic E-state index is 12.5. The first-order chi connectivity index (χ1) is 15.0. The molecule has 0 spiro atoms. The van der Waals surface area contributed by atoms with E-state index >= 15 is 0 Å². The summed E-state index contributed by atoms with van der Waals surface area (Å²) < 4.78 is 12.3. The fraction of sp³-hybridized carbons (Fsp3) is 0.0833. The van der Waals surface area contributed by atoms with Gasteiger partial charge in [-0.1, -0.05) is 29.8 Å². The number of nitrogens with zero attached hydrogens (tertiary/aromatic N) is 1. The Balaban J connectivity index is 1.74. The third-order valence-electron chi connectivity index (χ3n) is 4.27. The first-order valence-corrected chi connectivity index (χ1v) is 10.7. The van der Waals surface area contributed by atoms with Gasteiger partial charge in [0.05, 0.1) is 7.11 Å². The molecule has 31 heavy (non-hydrogen) atoms. The number of nitriles is 1. The minimum atomic E-state index is -0.481. The van der Waals surface area contributed by atoms with Crippen LogP contribution < -0.4 is 14.8 Å². The van der Waals surface area contributed by atoms with E-state index in [1.165, 1.54) is 13.2 Å². The highest BCUT2D eigenvalue weighted by atomic mass is 127. The van der Waals surface area contributed by atoms with Gasteiger partial charge in [-0.05, 0) is 88.3 Å². The predicted octanol–water partition coefficient (Wildman–Crippen LogP) is 6.08. The number of nitrogens with one attached hydrogen (secondary N) is 1. The van der Waals surface area contributed by atoms with Gasteiger partial charge in [0.25, 0.3) is 5.91 Å². The lowest BCUT2D eigenvalue weighted by molar-refractivity contribution is -0.112. The topological polar surface area (TPSA) is 71.3 Å². The molecule has 0 saturated carbocycles. The molecule has 1 N–H and O–H groups in total. The maximum absolute atomic E-state index is 12.5. The SMILES string of the molecule is COc1cc(/C=C(\C#N)C(=O)Nc2ccc(I)cc2)ccc1OCc1ccc(Cl)cc1. The molecule has 0 radical (unpaired) electrons. The summed E-state index contributed by atoms with van der Waals surface area (Å²) in [7, 11) is 1.53. The van der Waals surface area contributed by atoms with E-state index in [-0.39, 0.29) is 5.57 Å². The van der Waals surface area contributed by atoms with Crippen molar-refractivity contribution < 1.29 is 14.3 Å². The quantitative estimate of drug-likeness (QED) is 0.222. The van der Waals surface area contributed by atoms with Crippen LogP contribution in [0.2, 0.25) is 5.02 Å². The Kier molecular flexibility index (Phi) is 7.93. The molecule has 0 aliphatic heterocycles. The molecular weight excluding hydrogens is 527 g/mol. The summed E-state index contributed by atoms with van der Waals surface area (Å²) in [5.41, 5.74) is 2.21. The van der Waals surface area contributed by atoms with E-state index in [9.17, 15) is 10.1 Å². The van der Waals surface area contributed by atoms with Gasteiger partial charge in [0, 0.05) is 14.3 Å². The van der Waals surface area contributed by atoms with Crippen LogP contribution in [0.25, 0.3) is 6.08 Å². The summed E-state index contributed by atoms with van der Waals surface area (Å²) in [5.74, 6) is 0.570. The van der Waals surface area contributed by atoms with Crippen molar-refractivity contribution in [2.45, 2.75) is 6.61 Å². The zero-order chi connectivity index (χ0) is 22.2. The number of hydrogen-bond donors (Lipinski definition) is 1. The largest absolute Gasteiger partial charge is 0.493 e. The van der Waals surface area contributed by atoms with E-state index in [0.29, 0.717) is 34.4 Å². The van der Waals surface area contributed by atoms with Crippen molar-refractivity contribution in [1.82, 2.24) is 0 Å². The number of rotatable bonds is 7. The van der Waals surface area contributed by atoms with Crippen molar-refractivity contribution in [2.24, 2.45) is 0 Å². The number of ether oxygens (including phenoxy) is 2. The van der Waals surface area contributed by atoms with Crippen LogP contribution in [0.4, 0.5) is 5.69 Å². The molecule has 156 valence electrons. The van der Waals surface area contributed by atoms with Gasteiger partial charge in [-0.15, -0.1) is 0 Å². The summed E-state index contributed by atoms with van der Waals surface area (Å²) in [6.45, 7) is 0.352. The van der Waals surface area contributed by atoms with Crippen LogP contribution in [-0.4, -0.2) is 13.0 Å². The summed E-state index contributed by atoms with van der Waals surface area (Å²) in [5, 5.41) is 12.8. The molecule has 5 nitrogen and oxygen atoms in total. The van der Waals surface area contributed by atoms with Gasteiger partial charge in [-0.3, -0.25) is 4.79 Å². The first-order valence-electron chi connectivity index (χ1n) is 9.22. The van der Waals surface area contributed by atoms with E-state index in [1.807, 2.05) is 30.3 Å². The highest BCUT2D eigenvalue weighted by Gasteiger charge is 2.11. The van der Waals surface area contributed by atoms with E-state index < -0.39 is 5.91 Å². The molecule has 0 aliphatic rings. The monoisotopic (exact) mass is 544 g/mol. The van der Waals surface area contributed by atoms with Crippen LogP contribution >= 0.6 is 34.2 Å². The van der Waals surface area contributed by atoms with Gasteiger partial charge >= 0.3 is 0 Å². The highest BCUT2D eigenvalue weighted by Crippen LogP contribution is 2.30. The van der Waals surface area contributed by atoms with Gasteiger partial charge in [-0.25, -0.2) is 0 Å². The van der Waals surface area contributed by atoms with Crippen LogP contribution in [0.3, 0.4) is 0 Å². The van der Waals surface area contributed by atoms with Crippen LogP contribution in [0.1, 0.15) is 11.1 Å². The highest BCUT2D eigenvalue weighted by molar-refractivity contribution is 14.1. The number of hydrogen-bond acceptors (Lipinski definition) is 4. The Bertz CT molecular complexity index is 1140. The van der Waals surface area contributed by atoms with Crippen LogP contribution in [0.15, 0.2) is 72.3 Å². The van der Waals surface area contributed by atoms with E-state index in [1.54, 1.807) is 42.5 Å². The number of halogens is 2. The Labute approximate surface area is 199 Å². The fourth-order valence-corrected chi connectivity index (χ4v) is 3.17. The van der Waals surface area contributed by atoms with Crippen molar-refractivity contribution in [3.63, 3.8) is 0 Å². The fourth-order valence-electron chi connectivity index (χ4n) is 2.68. The zero-order valence-corrected chi connectivity index (χ0v) is 19.5.